The van der Waals surface area contributed by atoms with Gasteiger partial charge in [0, 0.05) is 0 Å². The summed E-state index contributed by atoms with van der Waals surface area (Å²) in [6.45, 7) is 1.99. The van der Waals surface area contributed by atoms with Crippen molar-refractivity contribution in [2.24, 2.45) is 0 Å². The molecule has 5 heteroatoms. The Hall–Kier alpha value is -2.07. The molecule has 0 spiro atoms. The molecule has 96 valence electrons. The van der Waals surface area contributed by atoms with Crippen LogP contribution < -0.4 is 5.73 Å². The average molecular weight is 276 g/mol. The van der Waals surface area contributed by atoms with Crippen molar-refractivity contribution in [3.05, 3.63) is 52.8 Å². The van der Waals surface area contributed by atoms with Crippen molar-refractivity contribution >= 4 is 28.6 Å². The monoisotopic (exact) mass is 275 g/mol. The third kappa shape index (κ3) is 1.94. The Morgan fingerprint density at radius 3 is 2.74 bits per heavy atom. The maximum atomic E-state index is 13.2. The molecule has 2 N–H and O–H groups in total. The van der Waals surface area contributed by atoms with E-state index in [2.05, 4.69) is 4.98 Å². The first-order valence-electron chi connectivity index (χ1n) is 5.76. The highest BCUT2D eigenvalue weighted by Crippen LogP contribution is 2.26. The lowest BCUT2D eigenvalue weighted by Crippen LogP contribution is -2.00. The van der Waals surface area contributed by atoms with E-state index in [0.29, 0.717) is 11.6 Å². The van der Waals surface area contributed by atoms with E-state index < -0.39 is 5.82 Å². The van der Waals surface area contributed by atoms with Gasteiger partial charge in [-0.2, -0.15) is 0 Å². The minimum atomic E-state index is -0.454. The lowest BCUT2D eigenvalue weighted by molar-refractivity contribution is 0.628. The fourth-order valence-corrected chi connectivity index (χ4v) is 2.28. The Morgan fingerprint density at radius 2 is 2.00 bits per heavy atom. The first kappa shape index (κ1) is 12.0. The molecule has 0 aliphatic heterocycles. The van der Waals surface area contributed by atoms with Crippen molar-refractivity contribution in [3.63, 3.8) is 0 Å². The highest BCUT2D eigenvalue weighted by Gasteiger charge is 2.11. The fourth-order valence-electron chi connectivity index (χ4n) is 2.10. The van der Waals surface area contributed by atoms with Crippen LogP contribution >= 0.6 is 11.6 Å². The highest BCUT2D eigenvalue weighted by atomic mass is 35.5. The maximum Gasteiger partial charge on any atom is 0.205 e. The minimum Gasteiger partial charge on any atom is -0.369 e. The van der Waals surface area contributed by atoms with Crippen LogP contribution in [0.2, 0.25) is 5.02 Å². The van der Waals surface area contributed by atoms with Crippen LogP contribution in [0.1, 0.15) is 5.56 Å². The number of hydrogen-bond donors (Lipinski definition) is 1. The molecule has 0 atom stereocenters. The third-order valence-corrected chi connectivity index (χ3v) is 3.29. The van der Waals surface area contributed by atoms with Crippen molar-refractivity contribution in [1.82, 2.24) is 9.55 Å². The molecule has 0 bridgehead atoms. The van der Waals surface area contributed by atoms with Crippen LogP contribution in [0.15, 0.2) is 36.4 Å². The molecule has 3 nitrogen and oxygen atoms in total. The molecule has 0 saturated heterocycles. The highest BCUT2D eigenvalue weighted by molar-refractivity contribution is 6.30. The fraction of sp³-hybridized carbons (Fsp3) is 0.0714. The molecular formula is C14H11ClFN3. The summed E-state index contributed by atoms with van der Waals surface area (Å²) >= 11 is 5.81. The van der Waals surface area contributed by atoms with Crippen molar-refractivity contribution in [2.75, 3.05) is 5.73 Å². The number of nitrogens with zero attached hydrogens (tertiary/aromatic N) is 2. The van der Waals surface area contributed by atoms with Crippen LogP contribution in [0.3, 0.4) is 0 Å². The molecule has 0 aliphatic rings. The number of halogens is 2. The number of fused-ring (bicyclic) bond motifs is 1. The molecule has 0 fully saturated rings. The summed E-state index contributed by atoms with van der Waals surface area (Å²) in [4.78, 5) is 4.31. The number of aromatic nitrogens is 2. The molecule has 1 aromatic heterocycles. The van der Waals surface area contributed by atoms with E-state index in [0.717, 1.165) is 16.6 Å². The summed E-state index contributed by atoms with van der Waals surface area (Å²) in [5.74, 6) is -0.104. The number of anilines is 1. The summed E-state index contributed by atoms with van der Waals surface area (Å²) in [6, 6.07) is 10.3. The van der Waals surface area contributed by atoms with Gasteiger partial charge in [0.15, 0.2) is 0 Å². The normalized spacial score (nSPS) is 11.1. The van der Waals surface area contributed by atoms with Crippen LogP contribution in [0.5, 0.6) is 0 Å². The maximum absolute atomic E-state index is 13.2. The molecule has 0 saturated carbocycles. The third-order valence-electron chi connectivity index (χ3n) is 3.00. The van der Waals surface area contributed by atoms with Crippen molar-refractivity contribution in [2.45, 2.75) is 6.92 Å². The average Bonchev–Trinajstić information content (AvgIpc) is 2.68. The number of imidazole rings is 1. The molecule has 19 heavy (non-hydrogen) atoms. The number of rotatable bonds is 1. The van der Waals surface area contributed by atoms with Gasteiger partial charge in [0.1, 0.15) is 5.82 Å². The van der Waals surface area contributed by atoms with E-state index in [4.69, 9.17) is 17.3 Å². The Balaban J connectivity index is 2.29. The molecule has 3 rings (SSSR count). The van der Waals surface area contributed by atoms with E-state index in [9.17, 15) is 4.39 Å². The summed E-state index contributed by atoms with van der Waals surface area (Å²) < 4.78 is 15.0. The van der Waals surface area contributed by atoms with E-state index in [1.807, 2.05) is 25.1 Å². The Kier molecular flexibility index (Phi) is 2.68. The van der Waals surface area contributed by atoms with Crippen LogP contribution in [0.4, 0.5) is 10.3 Å². The molecule has 3 aromatic rings. The number of hydrogen-bond acceptors (Lipinski definition) is 2. The van der Waals surface area contributed by atoms with Crippen LogP contribution in [0.25, 0.3) is 16.7 Å². The summed E-state index contributed by atoms with van der Waals surface area (Å²) in [5.41, 5.74) is 9.40. The van der Waals surface area contributed by atoms with Gasteiger partial charge in [-0.3, -0.25) is 4.57 Å². The lowest BCUT2D eigenvalue weighted by atomic mass is 10.2. The first-order valence-corrected chi connectivity index (χ1v) is 6.14. The van der Waals surface area contributed by atoms with Gasteiger partial charge >= 0.3 is 0 Å². The molecule has 0 unspecified atom stereocenters. The lowest BCUT2D eigenvalue weighted by Gasteiger charge is -2.07. The molecule has 2 aromatic carbocycles. The quantitative estimate of drug-likeness (QED) is 0.736. The van der Waals surface area contributed by atoms with E-state index in [1.54, 1.807) is 10.6 Å². The second kappa shape index (κ2) is 4.24. The number of benzene rings is 2. The predicted molar refractivity (Wildman–Crippen MR) is 75.2 cm³/mol. The largest absolute Gasteiger partial charge is 0.369 e. The van der Waals surface area contributed by atoms with Crippen LogP contribution in [-0.4, -0.2) is 9.55 Å². The SMILES string of the molecule is Cc1ccc2c(c1)nc(N)n2-c1ccc(F)c(Cl)c1. The van der Waals surface area contributed by atoms with E-state index >= 15 is 0 Å². The number of aryl methyl sites for hydroxylation is 1. The zero-order valence-electron chi connectivity index (χ0n) is 10.2. The summed E-state index contributed by atoms with van der Waals surface area (Å²) in [7, 11) is 0. The topological polar surface area (TPSA) is 43.8 Å². The van der Waals surface area contributed by atoms with Gasteiger partial charge in [-0.25, -0.2) is 9.37 Å². The number of nitrogen functional groups attached to an aromatic ring is 1. The summed E-state index contributed by atoms with van der Waals surface area (Å²) in [6.07, 6.45) is 0. The predicted octanol–water partition coefficient (Wildman–Crippen LogP) is 3.71. The van der Waals surface area contributed by atoms with Crippen molar-refractivity contribution < 1.29 is 4.39 Å². The van der Waals surface area contributed by atoms with E-state index in [-0.39, 0.29) is 5.02 Å². The molecule has 0 amide bonds. The first-order chi connectivity index (χ1) is 9.06. The van der Waals surface area contributed by atoms with E-state index in [1.165, 1.54) is 12.1 Å². The van der Waals surface area contributed by atoms with Crippen molar-refractivity contribution in [3.8, 4) is 5.69 Å². The molecular weight excluding hydrogens is 265 g/mol. The Bertz CT molecular complexity index is 780. The minimum absolute atomic E-state index is 0.0610. The van der Waals surface area contributed by atoms with Crippen LogP contribution in [0, 0.1) is 12.7 Å². The van der Waals surface area contributed by atoms with Gasteiger partial charge in [0.2, 0.25) is 5.95 Å². The van der Waals surface area contributed by atoms with Gasteiger partial charge in [-0.15, -0.1) is 0 Å². The van der Waals surface area contributed by atoms with Gasteiger partial charge < -0.3 is 5.73 Å². The van der Waals surface area contributed by atoms with Gasteiger partial charge in [-0.1, -0.05) is 17.7 Å². The van der Waals surface area contributed by atoms with Gasteiger partial charge in [-0.05, 0) is 42.8 Å². The number of nitrogens with two attached hydrogens (primary N) is 1. The van der Waals surface area contributed by atoms with Crippen LogP contribution in [-0.2, 0) is 0 Å². The second-order valence-corrected chi connectivity index (χ2v) is 4.80. The molecule has 0 radical (unpaired) electrons. The zero-order chi connectivity index (χ0) is 13.6. The van der Waals surface area contributed by atoms with Gasteiger partial charge in [0.05, 0.1) is 21.7 Å². The van der Waals surface area contributed by atoms with Crippen molar-refractivity contribution in [1.29, 1.82) is 0 Å². The standard InChI is InChI=1S/C14H11ClFN3/c1-8-2-5-13-12(6-8)18-14(17)19(13)9-3-4-11(16)10(15)7-9/h2-7H,1H3,(H2,17,18). The molecule has 1 heterocycles. The summed E-state index contributed by atoms with van der Waals surface area (Å²) in [5, 5.41) is 0.0610. The smallest absolute Gasteiger partial charge is 0.205 e. The van der Waals surface area contributed by atoms with Gasteiger partial charge in [0.25, 0.3) is 0 Å². The second-order valence-electron chi connectivity index (χ2n) is 4.40. The Morgan fingerprint density at radius 1 is 1.21 bits per heavy atom. The zero-order valence-corrected chi connectivity index (χ0v) is 10.9. The molecule has 0 aliphatic carbocycles. The Labute approximate surface area is 114 Å².